The minimum atomic E-state index is -0.178. The number of nitrogens with one attached hydrogen (secondary N) is 1. The van der Waals surface area contributed by atoms with E-state index in [0.717, 1.165) is 17.5 Å². The molecule has 1 amide bonds. The van der Waals surface area contributed by atoms with E-state index < -0.39 is 0 Å². The first-order valence-electron chi connectivity index (χ1n) is 9.50. The van der Waals surface area contributed by atoms with Crippen LogP contribution in [0.15, 0.2) is 65.6 Å². The molecular formula is C22H22N4O3. The minimum Gasteiger partial charge on any atom is -0.385 e. The van der Waals surface area contributed by atoms with E-state index in [0.29, 0.717) is 36.3 Å². The molecule has 0 saturated carbocycles. The Kier molecular flexibility index (Phi) is 5.39. The highest BCUT2D eigenvalue weighted by Crippen LogP contribution is 2.18. The molecule has 29 heavy (non-hydrogen) atoms. The number of hydrogen-bond donors (Lipinski definition) is 1. The van der Waals surface area contributed by atoms with Crippen LogP contribution in [0.2, 0.25) is 0 Å². The van der Waals surface area contributed by atoms with Crippen LogP contribution in [0.5, 0.6) is 0 Å². The number of ether oxygens (including phenoxy) is 1. The molecule has 4 aromatic rings. The summed E-state index contributed by atoms with van der Waals surface area (Å²) in [5.74, 6) is -0.178. The lowest BCUT2D eigenvalue weighted by Crippen LogP contribution is -2.26. The largest absolute Gasteiger partial charge is 0.385 e. The number of carbonyl (C=O) groups is 1. The van der Waals surface area contributed by atoms with Gasteiger partial charge in [-0.2, -0.15) is 5.10 Å². The highest BCUT2D eigenvalue weighted by molar-refractivity contribution is 5.97. The third kappa shape index (κ3) is 3.77. The average molecular weight is 390 g/mol. The van der Waals surface area contributed by atoms with Gasteiger partial charge < -0.3 is 14.6 Å². The van der Waals surface area contributed by atoms with Gasteiger partial charge in [-0.3, -0.25) is 9.59 Å². The van der Waals surface area contributed by atoms with Crippen LogP contribution in [0.1, 0.15) is 22.3 Å². The molecule has 148 valence electrons. The van der Waals surface area contributed by atoms with Crippen molar-refractivity contribution in [2.45, 2.75) is 13.0 Å². The average Bonchev–Trinajstić information content (AvgIpc) is 3.25. The zero-order valence-electron chi connectivity index (χ0n) is 16.2. The second-order valence-electron chi connectivity index (χ2n) is 6.81. The summed E-state index contributed by atoms with van der Waals surface area (Å²) in [6, 6.07) is 16.8. The van der Waals surface area contributed by atoms with Gasteiger partial charge >= 0.3 is 0 Å². The minimum absolute atomic E-state index is 0.142. The summed E-state index contributed by atoms with van der Waals surface area (Å²) in [6.45, 7) is 1.53. The molecule has 1 N–H and O–H groups in total. The van der Waals surface area contributed by atoms with Gasteiger partial charge in [-0.15, -0.1) is 0 Å². The number of amides is 1. The van der Waals surface area contributed by atoms with E-state index in [-0.39, 0.29) is 11.5 Å². The molecular weight excluding hydrogens is 368 g/mol. The Bertz CT molecular complexity index is 1210. The molecule has 7 nitrogen and oxygen atoms in total. The number of methoxy groups -OCH3 is 1. The van der Waals surface area contributed by atoms with Crippen LogP contribution in [0, 0.1) is 0 Å². The number of hydrogen-bond acceptors (Lipinski definition) is 4. The van der Waals surface area contributed by atoms with Crippen molar-refractivity contribution in [3.63, 3.8) is 0 Å². The monoisotopic (exact) mass is 390 g/mol. The molecule has 0 bridgehead atoms. The molecule has 0 aliphatic carbocycles. The summed E-state index contributed by atoms with van der Waals surface area (Å²) in [5.41, 5.74) is 3.31. The van der Waals surface area contributed by atoms with Gasteiger partial charge in [0.05, 0.1) is 23.8 Å². The molecule has 0 atom stereocenters. The maximum absolute atomic E-state index is 13.1. The van der Waals surface area contributed by atoms with Crippen molar-refractivity contribution in [2.24, 2.45) is 0 Å². The quantitative estimate of drug-likeness (QED) is 0.492. The first-order valence-corrected chi connectivity index (χ1v) is 9.50. The van der Waals surface area contributed by atoms with E-state index in [2.05, 4.69) is 10.4 Å². The van der Waals surface area contributed by atoms with E-state index in [4.69, 9.17) is 4.74 Å². The predicted octanol–water partition coefficient (Wildman–Crippen LogP) is 2.46. The van der Waals surface area contributed by atoms with Crippen molar-refractivity contribution in [3.8, 4) is 0 Å². The van der Waals surface area contributed by atoms with Crippen molar-refractivity contribution in [2.75, 3.05) is 20.3 Å². The zero-order chi connectivity index (χ0) is 20.2. The molecule has 4 rings (SSSR count). The van der Waals surface area contributed by atoms with Crippen LogP contribution in [-0.4, -0.2) is 40.3 Å². The Morgan fingerprint density at radius 2 is 1.90 bits per heavy atom. The summed E-state index contributed by atoms with van der Waals surface area (Å²) >= 11 is 0. The SMILES string of the molecule is COCCCNC(=O)c1ccc2c(c1)n(Cc1ccccc1)c(=O)c1ccnn12. The van der Waals surface area contributed by atoms with Gasteiger partial charge in [0.15, 0.2) is 0 Å². The number of aromatic nitrogens is 3. The third-order valence-electron chi connectivity index (χ3n) is 4.86. The fraction of sp³-hybridized carbons (Fsp3) is 0.227. The summed E-state index contributed by atoms with van der Waals surface area (Å²) < 4.78 is 8.33. The van der Waals surface area contributed by atoms with Crippen molar-refractivity contribution < 1.29 is 9.53 Å². The molecule has 2 aromatic heterocycles. The van der Waals surface area contributed by atoms with Crippen LogP contribution in [0.4, 0.5) is 0 Å². The van der Waals surface area contributed by atoms with E-state index >= 15 is 0 Å². The van der Waals surface area contributed by atoms with E-state index in [9.17, 15) is 9.59 Å². The van der Waals surface area contributed by atoms with Gasteiger partial charge in [-0.1, -0.05) is 30.3 Å². The van der Waals surface area contributed by atoms with Crippen molar-refractivity contribution >= 4 is 22.5 Å². The Labute approximate surface area is 167 Å². The molecule has 0 fully saturated rings. The molecule has 0 aliphatic heterocycles. The Balaban J connectivity index is 1.79. The van der Waals surface area contributed by atoms with Gasteiger partial charge in [0.1, 0.15) is 5.52 Å². The third-order valence-corrected chi connectivity index (χ3v) is 4.86. The van der Waals surface area contributed by atoms with Gasteiger partial charge in [0.25, 0.3) is 11.5 Å². The maximum Gasteiger partial charge on any atom is 0.277 e. The summed E-state index contributed by atoms with van der Waals surface area (Å²) in [4.78, 5) is 25.7. The topological polar surface area (TPSA) is 77.6 Å². The number of nitrogens with zero attached hydrogens (tertiary/aromatic N) is 3. The van der Waals surface area contributed by atoms with Gasteiger partial charge in [-0.05, 0) is 36.2 Å². The summed E-state index contributed by atoms with van der Waals surface area (Å²) in [5, 5.41) is 7.17. The van der Waals surface area contributed by atoms with Gasteiger partial charge in [0.2, 0.25) is 0 Å². The van der Waals surface area contributed by atoms with E-state index in [1.54, 1.807) is 40.6 Å². The smallest absolute Gasteiger partial charge is 0.277 e. The molecule has 0 unspecified atom stereocenters. The van der Waals surface area contributed by atoms with Crippen LogP contribution in [-0.2, 0) is 11.3 Å². The fourth-order valence-corrected chi connectivity index (χ4v) is 3.41. The second-order valence-corrected chi connectivity index (χ2v) is 6.81. The number of rotatable bonds is 7. The lowest BCUT2D eigenvalue weighted by atomic mass is 10.1. The highest BCUT2D eigenvalue weighted by atomic mass is 16.5. The van der Waals surface area contributed by atoms with E-state index in [1.165, 1.54) is 0 Å². The van der Waals surface area contributed by atoms with Gasteiger partial charge in [0, 0.05) is 25.8 Å². The standard InChI is InChI=1S/C22H22N4O3/c1-29-13-5-11-23-21(27)17-8-9-18-20(14-17)25(15-16-6-3-2-4-7-16)22(28)19-10-12-24-26(18)19/h2-4,6-10,12,14H,5,11,13,15H2,1H3,(H,23,27). The molecule has 2 heterocycles. The maximum atomic E-state index is 13.1. The Morgan fingerprint density at radius 3 is 2.69 bits per heavy atom. The van der Waals surface area contributed by atoms with E-state index in [1.807, 2.05) is 36.4 Å². The fourth-order valence-electron chi connectivity index (χ4n) is 3.41. The normalized spacial score (nSPS) is 11.2. The zero-order valence-corrected chi connectivity index (χ0v) is 16.2. The number of benzene rings is 2. The first-order chi connectivity index (χ1) is 14.2. The van der Waals surface area contributed by atoms with Crippen LogP contribution in [0.25, 0.3) is 16.6 Å². The number of carbonyl (C=O) groups excluding carboxylic acids is 1. The predicted molar refractivity (Wildman–Crippen MR) is 111 cm³/mol. The Morgan fingerprint density at radius 1 is 1.07 bits per heavy atom. The van der Waals surface area contributed by atoms with Gasteiger partial charge in [-0.25, -0.2) is 4.52 Å². The van der Waals surface area contributed by atoms with Crippen LogP contribution in [0.3, 0.4) is 0 Å². The van der Waals surface area contributed by atoms with Crippen LogP contribution >= 0.6 is 0 Å². The molecule has 2 aromatic carbocycles. The Hall–Kier alpha value is -3.45. The molecule has 0 spiro atoms. The second kappa shape index (κ2) is 8.28. The molecule has 0 saturated heterocycles. The van der Waals surface area contributed by atoms with Crippen molar-refractivity contribution in [1.29, 1.82) is 0 Å². The summed E-state index contributed by atoms with van der Waals surface area (Å²) in [7, 11) is 1.63. The summed E-state index contributed by atoms with van der Waals surface area (Å²) in [6.07, 6.45) is 2.35. The van der Waals surface area contributed by atoms with Crippen LogP contribution < -0.4 is 10.9 Å². The van der Waals surface area contributed by atoms with Crippen molar-refractivity contribution in [3.05, 3.63) is 82.3 Å². The molecule has 7 heteroatoms. The molecule has 0 radical (unpaired) electrons. The highest BCUT2D eigenvalue weighted by Gasteiger charge is 2.14. The number of fused-ring (bicyclic) bond motifs is 3. The molecule has 0 aliphatic rings. The van der Waals surface area contributed by atoms with Crippen molar-refractivity contribution in [1.82, 2.24) is 19.5 Å². The first kappa shape index (κ1) is 18.9. The lowest BCUT2D eigenvalue weighted by molar-refractivity contribution is 0.0948. The lowest BCUT2D eigenvalue weighted by Gasteiger charge is -2.13.